The Balaban J connectivity index is 1.38. The largest absolute Gasteiger partial charge is 0.346 e. The second-order valence-electron chi connectivity index (χ2n) is 6.83. The van der Waals surface area contributed by atoms with Crippen LogP contribution in [-0.4, -0.2) is 25.7 Å². The molecular formula is C22H21N5OS2. The van der Waals surface area contributed by atoms with E-state index in [0.717, 1.165) is 21.4 Å². The molecule has 0 aliphatic rings. The highest BCUT2D eigenvalue weighted by molar-refractivity contribution is 7.98. The molecular weight excluding hydrogens is 414 g/mol. The number of nitrogens with one attached hydrogen (secondary N) is 1. The summed E-state index contributed by atoms with van der Waals surface area (Å²) in [7, 11) is 0. The number of imidazole rings is 1. The van der Waals surface area contributed by atoms with Crippen LogP contribution >= 0.6 is 23.1 Å². The van der Waals surface area contributed by atoms with Crippen molar-refractivity contribution in [1.29, 1.82) is 0 Å². The van der Waals surface area contributed by atoms with Crippen molar-refractivity contribution in [3.63, 3.8) is 0 Å². The van der Waals surface area contributed by atoms with Crippen molar-refractivity contribution < 1.29 is 4.79 Å². The molecule has 8 heteroatoms. The molecule has 4 rings (SSSR count). The van der Waals surface area contributed by atoms with E-state index in [0.29, 0.717) is 17.3 Å². The predicted octanol–water partition coefficient (Wildman–Crippen LogP) is 4.56. The second-order valence-corrected chi connectivity index (χ2v) is 8.83. The average Bonchev–Trinajstić information content (AvgIpc) is 3.41. The number of hydrogen-bond acceptors (Lipinski definition) is 6. The second kappa shape index (κ2) is 9.23. The third-order valence-electron chi connectivity index (χ3n) is 4.50. The van der Waals surface area contributed by atoms with E-state index in [-0.39, 0.29) is 5.91 Å². The lowest BCUT2D eigenvalue weighted by Crippen LogP contribution is -2.22. The van der Waals surface area contributed by atoms with Crippen LogP contribution in [0, 0.1) is 13.8 Å². The van der Waals surface area contributed by atoms with Crippen LogP contribution in [0.2, 0.25) is 0 Å². The van der Waals surface area contributed by atoms with Crippen molar-refractivity contribution in [3.05, 3.63) is 87.6 Å². The van der Waals surface area contributed by atoms with Crippen LogP contribution in [0.4, 0.5) is 0 Å². The van der Waals surface area contributed by atoms with E-state index in [2.05, 4.69) is 57.1 Å². The van der Waals surface area contributed by atoms with Gasteiger partial charge >= 0.3 is 0 Å². The molecule has 2 aromatic heterocycles. The molecule has 6 nitrogen and oxygen atoms in total. The van der Waals surface area contributed by atoms with Gasteiger partial charge in [0.2, 0.25) is 5.01 Å². The molecule has 0 unspecified atom stereocenters. The van der Waals surface area contributed by atoms with Gasteiger partial charge in [-0.2, -0.15) is 0 Å². The Morgan fingerprint density at radius 3 is 2.77 bits per heavy atom. The zero-order chi connectivity index (χ0) is 20.9. The highest BCUT2D eigenvalue weighted by atomic mass is 32.2. The van der Waals surface area contributed by atoms with Crippen LogP contribution < -0.4 is 5.32 Å². The molecule has 1 N–H and O–H groups in total. The van der Waals surface area contributed by atoms with Gasteiger partial charge in [-0.15, -0.1) is 10.2 Å². The third-order valence-corrected chi connectivity index (χ3v) is 6.58. The quantitative estimate of drug-likeness (QED) is 0.431. The summed E-state index contributed by atoms with van der Waals surface area (Å²) in [6.07, 6.45) is 3.76. The molecule has 0 aliphatic heterocycles. The van der Waals surface area contributed by atoms with Crippen LogP contribution in [-0.2, 0) is 12.3 Å². The lowest BCUT2D eigenvalue weighted by atomic mass is 10.1. The van der Waals surface area contributed by atoms with Gasteiger partial charge in [-0.1, -0.05) is 71.1 Å². The first kappa shape index (κ1) is 20.3. The maximum atomic E-state index is 12.3. The summed E-state index contributed by atoms with van der Waals surface area (Å²) >= 11 is 2.89. The fourth-order valence-electron chi connectivity index (χ4n) is 3.04. The molecule has 30 heavy (non-hydrogen) atoms. The summed E-state index contributed by atoms with van der Waals surface area (Å²) < 4.78 is 2.08. The zero-order valence-corrected chi connectivity index (χ0v) is 18.3. The number of nitrogens with zero attached hydrogens (tertiary/aromatic N) is 4. The van der Waals surface area contributed by atoms with E-state index in [9.17, 15) is 4.79 Å². The highest BCUT2D eigenvalue weighted by Crippen LogP contribution is 2.27. The monoisotopic (exact) mass is 435 g/mol. The number of amides is 1. The molecule has 0 aliphatic carbocycles. The number of thioether (sulfide) groups is 1. The standard InChI is InChI=1S/C22H21N5OS2/c1-15-8-9-18(16(2)12-15)27-11-10-23-22(27)29-14-19-25-26-21(30-19)20(28)24-13-17-6-4-3-5-7-17/h3-12H,13-14H2,1-2H3,(H,24,28). The molecule has 0 atom stereocenters. The highest BCUT2D eigenvalue weighted by Gasteiger charge is 2.14. The van der Waals surface area contributed by atoms with E-state index >= 15 is 0 Å². The molecule has 0 bridgehead atoms. The number of carbonyl (C=O) groups excluding carboxylic acids is 1. The first-order valence-corrected chi connectivity index (χ1v) is 11.3. The van der Waals surface area contributed by atoms with E-state index in [1.54, 1.807) is 18.0 Å². The van der Waals surface area contributed by atoms with Gasteiger partial charge in [0.1, 0.15) is 5.01 Å². The topological polar surface area (TPSA) is 72.7 Å². The normalized spacial score (nSPS) is 10.9. The van der Waals surface area contributed by atoms with Crippen LogP contribution in [0.15, 0.2) is 66.1 Å². The Labute approximate surface area is 183 Å². The number of hydrogen-bond donors (Lipinski definition) is 1. The first-order chi connectivity index (χ1) is 14.6. The molecule has 2 aromatic carbocycles. The molecule has 4 aromatic rings. The molecule has 152 valence electrons. The average molecular weight is 436 g/mol. The van der Waals surface area contributed by atoms with Crippen molar-refractivity contribution >= 4 is 29.0 Å². The number of aromatic nitrogens is 4. The van der Waals surface area contributed by atoms with Gasteiger partial charge in [-0.25, -0.2) is 4.98 Å². The minimum absolute atomic E-state index is 0.204. The minimum Gasteiger partial charge on any atom is -0.346 e. The Morgan fingerprint density at radius 1 is 1.13 bits per heavy atom. The van der Waals surface area contributed by atoms with Gasteiger partial charge in [0.25, 0.3) is 5.91 Å². The summed E-state index contributed by atoms with van der Waals surface area (Å²) in [5.74, 6) is 0.398. The zero-order valence-electron chi connectivity index (χ0n) is 16.7. The van der Waals surface area contributed by atoms with E-state index in [1.807, 2.05) is 36.5 Å². The van der Waals surface area contributed by atoms with Gasteiger partial charge in [0.05, 0.1) is 11.4 Å². The molecule has 2 heterocycles. The van der Waals surface area contributed by atoms with Crippen molar-refractivity contribution in [2.45, 2.75) is 31.3 Å². The van der Waals surface area contributed by atoms with E-state index < -0.39 is 0 Å². The maximum Gasteiger partial charge on any atom is 0.282 e. The Bertz CT molecular complexity index is 1150. The summed E-state index contributed by atoms with van der Waals surface area (Å²) in [6.45, 7) is 4.65. The lowest BCUT2D eigenvalue weighted by Gasteiger charge is -2.10. The van der Waals surface area contributed by atoms with Gasteiger partial charge in [-0.05, 0) is 31.0 Å². The van der Waals surface area contributed by atoms with Crippen LogP contribution in [0.5, 0.6) is 0 Å². The summed E-state index contributed by atoms with van der Waals surface area (Å²) in [6, 6.07) is 16.2. The molecule has 0 saturated carbocycles. The van der Waals surface area contributed by atoms with Gasteiger partial charge in [-0.3, -0.25) is 9.36 Å². The third kappa shape index (κ3) is 4.77. The Hall–Kier alpha value is -2.97. The smallest absolute Gasteiger partial charge is 0.282 e. The summed E-state index contributed by atoms with van der Waals surface area (Å²) in [4.78, 5) is 16.8. The Morgan fingerprint density at radius 2 is 1.97 bits per heavy atom. The van der Waals surface area contributed by atoms with Crippen molar-refractivity contribution in [2.75, 3.05) is 0 Å². The summed E-state index contributed by atoms with van der Waals surface area (Å²) in [5, 5.41) is 13.2. The lowest BCUT2D eigenvalue weighted by molar-refractivity contribution is 0.0950. The fourth-order valence-corrected chi connectivity index (χ4v) is 4.75. The minimum atomic E-state index is -0.204. The fraction of sp³-hybridized carbons (Fsp3) is 0.182. The molecule has 0 radical (unpaired) electrons. The molecule has 0 spiro atoms. The van der Waals surface area contributed by atoms with Crippen LogP contribution in [0.25, 0.3) is 5.69 Å². The number of benzene rings is 2. The number of rotatable bonds is 7. The molecule has 1 amide bonds. The molecule has 0 fully saturated rings. The number of aryl methyl sites for hydroxylation is 2. The van der Waals surface area contributed by atoms with E-state index in [1.165, 1.54) is 22.5 Å². The van der Waals surface area contributed by atoms with Gasteiger partial charge in [0, 0.05) is 18.9 Å². The van der Waals surface area contributed by atoms with Crippen molar-refractivity contribution in [3.8, 4) is 5.69 Å². The van der Waals surface area contributed by atoms with Gasteiger partial charge < -0.3 is 5.32 Å². The maximum absolute atomic E-state index is 12.3. The van der Waals surface area contributed by atoms with Crippen LogP contribution in [0.1, 0.15) is 31.5 Å². The summed E-state index contributed by atoms with van der Waals surface area (Å²) in [5.41, 5.74) is 4.59. The predicted molar refractivity (Wildman–Crippen MR) is 120 cm³/mol. The van der Waals surface area contributed by atoms with Crippen molar-refractivity contribution in [2.24, 2.45) is 0 Å². The SMILES string of the molecule is Cc1ccc(-n2ccnc2SCc2nnc(C(=O)NCc3ccccc3)s2)c(C)c1. The van der Waals surface area contributed by atoms with Crippen molar-refractivity contribution in [1.82, 2.24) is 25.1 Å². The Kier molecular flexibility index (Phi) is 6.25. The first-order valence-electron chi connectivity index (χ1n) is 9.48. The van der Waals surface area contributed by atoms with Gasteiger partial charge in [0.15, 0.2) is 5.16 Å². The number of carbonyl (C=O) groups is 1. The van der Waals surface area contributed by atoms with Crippen LogP contribution in [0.3, 0.4) is 0 Å². The molecule has 0 saturated heterocycles. The van der Waals surface area contributed by atoms with E-state index in [4.69, 9.17) is 0 Å².